The zero-order valence-corrected chi connectivity index (χ0v) is 11.5. The number of imide groups is 1. The van der Waals surface area contributed by atoms with Crippen LogP contribution in [0.5, 0.6) is 0 Å². The fourth-order valence-corrected chi connectivity index (χ4v) is 2.09. The van der Waals surface area contributed by atoms with E-state index < -0.39 is 0 Å². The quantitative estimate of drug-likeness (QED) is 0.405. The molecule has 1 fully saturated rings. The molecule has 1 unspecified atom stereocenters. The first kappa shape index (κ1) is 14.8. The first-order valence-electron chi connectivity index (χ1n) is 5.97. The Labute approximate surface area is 112 Å². The molecule has 1 rings (SSSR count). The van der Waals surface area contributed by atoms with Crippen LogP contribution in [0, 0.1) is 0 Å². The topological polar surface area (TPSA) is 70.7 Å². The van der Waals surface area contributed by atoms with Gasteiger partial charge in [-0.2, -0.15) is 0 Å². The van der Waals surface area contributed by atoms with Crippen molar-refractivity contribution in [1.82, 2.24) is 15.5 Å². The van der Waals surface area contributed by atoms with Gasteiger partial charge in [0.1, 0.15) is 12.6 Å². The van der Waals surface area contributed by atoms with Gasteiger partial charge in [-0.05, 0) is 25.1 Å². The normalized spacial score (nSPS) is 19.7. The van der Waals surface area contributed by atoms with Crippen molar-refractivity contribution in [2.75, 3.05) is 26.8 Å². The second-order valence-electron chi connectivity index (χ2n) is 4.04. The Hall–Kier alpha value is -1.21. The van der Waals surface area contributed by atoms with Crippen molar-refractivity contribution < 1.29 is 14.3 Å². The van der Waals surface area contributed by atoms with Gasteiger partial charge < -0.3 is 15.0 Å². The molecule has 0 radical (unpaired) electrons. The number of ether oxygens (including phenoxy) is 1. The van der Waals surface area contributed by atoms with Crippen LogP contribution in [0.3, 0.4) is 0 Å². The van der Waals surface area contributed by atoms with E-state index in [1.165, 1.54) is 0 Å². The van der Waals surface area contributed by atoms with Crippen LogP contribution in [0.15, 0.2) is 0 Å². The first-order valence-corrected chi connectivity index (χ1v) is 6.38. The molecule has 2 amide bonds. The number of hydrogen-bond acceptors (Lipinski definition) is 4. The van der Waals surface area contributed by atoms with E-state index in [4.69, 9.17) is 17.0 Å². The first-order chi connectivity index (χ1) is 8.60. The van der Waals surface area contributed by atoms with Crippen LogP contribution in [0.4, 0.5) is 0 Å². The fraction of sp³-hybridized carbons (Fsp3) is 0.727. The van der Waals surface area contributed by atoms with Gasteiger partial charge in [0.15, 0.2) is 5.11 Å². The monoisotopic (exact) mass is 273 g/mol. The van der Waals surface area contributed by atoms with E-state index in [1.54, 1.807) is 12.0 Å². The Morgan fingerprint density at radius 3 is 2.94 bits per heavy atom. The third-order valence-electron chi connectivity index (χ3n) is 2.70. The Bertz CT molecular complexity index is 335. The van der Waals surface area contributed by atoms with Crippen molar-refractivity contribution in [3.8, 4) is 0 Å². The lowest BCUT2D eigenvalue weighted by atomic mass is 10.1. The lowest BCUT2D eigenvalue weighted by Crippen LogP contribution is -2.61. The molecule has 0 bridgehead atoms. The summed E-state index contributed by atoms with van der Waals surface area (Å²) in [6, 6.07) is -0.370. The van der Waals surface area contributed by atoms with E-state index in [-0.39, 0.29) is 24.4 Å². The van der Waals surface area contributed by atoms with Gasteiger partial charge in [0.25, 0.3) is 0 Å². The standard InChI is InChI=1S/C11H19N3O3S/c1-3-8-10(16)13-9(15)7-14(8)11(18)12-5-4-6-17-2/h8H,3-7H2,1-2H3,(H,12,18)(H,13,15,16). The fourth-order valence-electron chi connectivity index (χ4n) is 1.80. The van der Waals surface area contributed by atoms with Gasteiger partial charge in [-0.25, -0.2) is 0 Å². The second kappa shape index (κ2) is 7.27. The number of carbonyl (C=O) groups excluding carboxylic acids is 2. The van der Waals surface area contributed by atoms with E-state index in [0.717, 1.165) is 6.42 Å². The van der Waals surface area contributed by atoms with E-state index in [9.17, 15) is 9.59 Å². The maximum absolute atomic E-state index is 11.6. The van der Waals surface area contributed by atoms with Crippen LogP contribution in [0.25, 0.3) is 0 Å². The van der Waals surface area contributed by atoms with Crippen molar-refractivity contribution in [2.24, 2.45) is 0 Å². The van der Waals surface area contributed by atoms with Crippen molar-refractivity contribution in [3.05, 3.63) is 0 Å². The summed E-state index contributed by atoms with van der Waals surface area (Å²) in [4.78, 5) is 24.6. The number of carbonyl (C=O) groups is 2. The third-order valence-corrected chi connectivity index (χ3v) is 3.08. The smallest absolute Gasteiger partial charge is 0.249 e. The summed E-state index contributed by atoms with van der Waals surface area (Å²) >= 11 is 5.21. The van der Waals surface area contributed by atoms with Crippen LogP contribution in [0.2, 0.25) is 0 Å². The molecule has 1 saturated heterocycles. The minimum absolute atomic E-state index is 0.125. The minimum atomic E-state index is -0.370. The average Bonchev–Trinajstić information content (AvgIpc) is 2.33. The molecule has 0 aromatic carbocycles. The Balaban J connectivity index is 2.52. The SMILES string of the molecule is CCC1C(=O)NC(=O)CN1C(=S)NCCCOC. The Morgan fingerprint density at radius 1 is 1.61 bits per heavy atom. The molecule has 1 aliphatic rings. The number of nitrogens with one attached hydrogen (secondary N) is 2. The lowest BCUT2D eigenvalue weighted by molar-refractivity contribution is -0.137. The molecule has 0 saturated carbocycles. The maximum atomic E-state index is 11.6. The van der Waals surface area contributed by atoms with E-state index in [1.807, 2.05) is 6.92 Å². The number of methoxy groups -OCH3 is 1. The summed E-state index contributed by atoms with van der Waals surface area (Å²) < 4.78 is 4.93. The number of hydrogen-bond donors (Lipinski definition) is 2. The van der Waals surface area contributed by atoms with Gasteiger partial charge in [-0.3, -0.25) is 14.9 Å². The molecule has 102 valence electrons. The summed E-state index contributed by atoms with van der Waals surface area (Å²) in [7, 11) is 1.64. The molecule has 18 heavy (non-hydrogen) atoms. The molecule has 7 heteroatoms. The van der Waals surface area contributed by atoms with Crippen LogP contribution < -0.4 is 10.6 Å². The molecule has 1 atom stereocenters. The molecular weight excluding hydrogens is 254 g/mol. The number of rotatable bonds is 5. The van der Waals surface area contributed by atoms with Crippen molar-refractivity contribution >= 4 is 29.1 Å². The van der Waals surface area contributed by atoms with Gasteiger partial charge in [0, 0.05) is 20.3 Å². The third kappa shape index (κ3) is 3.92. The Kier molecular flexibility index (Phi) is 6.00. The minimum Gasteiger partial charge on any atom is -0.385 e. The van der Waals surface area contributed by atoms with Crippen LogP contribution in [0.1, 0.15) is 19.8 Å². The highest BCUT2D eigenvalue weighted by molar-refractivity contribution is 7.80. The van der Waals surface area contributed by atoms with Crippen LogP contribution >= 0.6 is 12.2 Å². The molecule has 0 spiro atoms. The maximum Gasteiger partial charge on any atom is 0.249 e. The van der Waals surface area contributed by atoms with Gasteiger partial charge in [0.05, 0.1) is 0 Å². The lowest BCUT2D eigenvalue weighted by Gasteiger charge is -2.35. The van der Waals surface area contributed by atoms with E-state index in [0.29, 0.717) is 24.7 Å². The summed E-state index contributed by atoms with van der Waals surface area (Å²) in [5.74, 6) is -0.597. The van der Waals surface area contributed by atoms with E-state index >= 15 is 0 Å². The average molecular weight is 273 g/mol. The molecular formula is C11H19N3O3S. The van der Waals surface area contributed by atoms with Gasteiger partial charge in [-0.15, -0.1) is 0 Å². The number of piperazine rings is 1. The molecule has 1 heterocycles. The molecule has 6 nitrogen and oxygen atoms in total. The van der Waals surface area contributed by atoms with Crippen molar-refractivity contribution in [1.29, 1.82) is 0 Å². The van der Waals surface area contributed by atoms with Crippen LogP contribution in [-0.4, -0.2) is 54.7 Å². The zero-order valence-electron chi connectivity index (χ0n) is 10.7. The highest BCUT2D eigenvalue weighted by Crippen LogP contribution is 2.09. The number of nitrogens with zero attached hydrogens (tertiary/aromatic N) is 1. The molecule has 0 aliphatic carbocycles. The Morgan fingerprint density at radius 2 is 2.33 bits per heavy atom. The number of thiocarbonyl (C=S) groups is 1. The van der Waals surface area contributed by atoms with Crippen molar-refractivity contribution in [2.45, 2.75) is 25.8 Å². The van der Waals surface area contributed by atoms with E-state index in [2.05, 4.69) is 10.6 Å². The second-order valence-corrected chi connectivity index (χ2v) is 4.43. The number of amides is 2. The summed E-state index contributed by atoms with van der Waals surface area (Å²) in [6.45, 7) is 3.32. The molecule has 2 N–H and O–H groups in total. The summed E-state index contributed by atoms with van der Waals surface area (Å²) in [5, 5.41) is 5.80. The molecule has 0 aromatic heterocycles. The predicted molar refractivity (Wildman–Crippen MR) is 71.0 cm³/mol. The van der Waals surface area contributed by atoms with Gasteiger partial charge >= 0.3 is 0 Å². The summed E-state index contributed by atoms with van der Waals surface area (Å²) in [5.41, 5.74) is 0. The predicted octanol–water partition coefficient (Wildman–Crippen LogP) is -0.366. The molecule has 0 aromatic rings. The zero-order chi connectivity index (χ0) is 13.5. The highest BCUT2D eigenvalue weighted by atomic mass is 32.1. The highest BCUT2D eigenvalue weighted by Gasteiger charge is 2.33. The van der Waals surface area contributed by atoms with Crippen molar-refractivity contribution in [3.63, 3.8) is 0 Å². The van der Waals surface area contributed by atoms with Gasteiger partial charge in [0.2, 0.25) is 11.8 Å². The largest absolute Gasteiger partial charge is 0.385 e. The summed E-state index contributed by atoms with van der Waals surface area (Å²) in [6.07, 6.45) is 1.43. The van der Waals surface area contributed by atoms with Crippen LogP contribution in [-0.2, 0) is 14.3 Å². The molecule has 1 aliphatic heterocycles. The van der Waals surface area contributed by atoms with Gasteiger partial charge in [-0.1, -0.05) is 6.92 Å².